The highest BCUT2D eigenvalue weighted by atomic mass is 16.5. The van der Waals surface area contributed by atoms with Crippen molar-refractivity contribution in [2.24, 2.45) is 0 Å². The van der Waals surface area contributed by atoms with Gasteiger partial charge in [-0.3, -0.25) is 14.5 Å². The fraction of sp³-hybridized carbons (Fsp3) is 0.920. The molecule has 0 aromatic rings. The number of hydrogen-bond acceptors (Lipinski definition) is 4. The van der Waals surface area contributed by atoms with Crippen molar-refractivity contribution in [2.45, 2.75) is 123 Å². The first-order valence-corrected chi connectivity index (χ1v) is 12.7. The van der Waals surface area contributed by atoms with Gasteiger partial charge in [0.1, 0.15) is 0 Å². The van der Waals surface area contributed by atoms with Crippen molar-refractivity contribution >= 4 is 11.9 Å². The highest BCUT2D eigenvalue weighted by molar-refractivity contribution is 5.69. The van der Waals surface area contributed by atoms with Gasteiger partial charge in [-0.15, -0.1) is 0 Å². The van der Waals surface area contributed by atoms with Crippen LogP contribution in [0.5, 0.6) is 0 Å². The van der Waals surface area contributed by atoms with Crippen LogP contribution in [-0.4, -0.2) is 48.2 Å². The van der Waals surface area contributed by atoms with E-state index in [0.717, 1.165) is 32.2 Å². The van der Waals surface area contributed by atoms with Crippen molar-refractivity contribution in [2.75, 3.05) is 26.2 Å². The lowest BCUT2D eigenvalue weighted by Crippen LogP contribution is -2.32. The first kappa shape index (κ1) is 28.9. The number of nitrogens with zero attached hydrogens (tertiary/aromatic N) is 1. The maximum absolute atomic E-state index is 11.7. The van der Waals surface area contributed by atoms with Crippen LogP contribution in [0.25, 0.3) is 0 Å². The molecule has 0 aromatic heterocycles. The molecule has 1 N–H and O–H groups in total. The van der Waals surface area contributed by atoms with Crippen LogP contribution in [0.15, 0.2) is 0 Å². The molecule has 0 aliphatic carbocycles. The van der Waals surface area contributed by atoms with Crippen molar-refractivity contribution in [1.29, 1.82) is 0 Å². The zero-order chi connectivity index (χ0) is 22.3. The Bertz CT molecular complexity index is 401. The van der Waals surface area contributed by atoms with E-state index < -0.39 is 5.97 Å². The Morgan fingerprint density at radius 2 is 1.13 bits per heavy atom. The number of carboxylic acid groups (broad SMARTS) is 1. The first-order valence-electron chi connectivity index (χ1n) is 12.7. The van der Waals surface area contributed by atoms with Crippen molar-refractivity contribution in [3.63, 3.8) is 0 Å². The molecule has 0 spiro atoms. The Hall–Kier alpha value is -1.10. The van der Waals surface area contributed by atoms with Crippen LogP contribution in [0.3, 0.4) is 0 Å². The van der Waals surface area contributed by atoms with E-state index in [2.05, 4.69) is 13.8 Å². The molecule has 0 aliphatic heterocycles. The van der Waals surface area contributed by atoms with E-state index in [1.807, 2.05) is 4.90 Å². The Kier molecular flexibility index (Phi) is 21.8. The molecule has 178 valence electrons. The average Bonchev–Trinajstić information content (AvgIpc) is 2.71. The Labute approximate surface area is 185 Å². The molecular weight excluding hydrogens is 378 g/mol. The van der Waals surface area contributed by atoms with Gasteiger partial charge in [0, 0.05) is 13.0 Å². The van der Waals surface area contributed by atoms with Crippen molar-refractivity contribution in [3.8, 4) is 0 Å². The van der Waals surface area contributed by atoms with E-state index >= 15 is 0 Å². The van der Waals surface area contributed by atoms with Gasteiger partial charge < -0.3 is 9.84 Å². The van der Waals surface area contributed by atoms with Crippen LogP contribution in [0.4, 0.5) is 0 Å². The van der Waals surface area contributed by atoms with E-state index in [1.54, 1.807) is 0 Å². The van der Waals surface area contributed by atoms with Crippen molar-refractivity contribution in [1.82, 2.24) is 4.90 Å². The molecular formula is C25H49NO4. The fourth-order valence-electron chi connectivity index (χ4n) is 3.70. The Balaban J connectivity index is 3.71. The molecule has 0 aliphatic rings. The molecule has 0 bridgehead atoms. The molecule has 0 rings (SSSR count). The summed E-state index contributed by atoms with van der Waals surface area (Å²) in [6.45, 7) is 6.38. The number of carbonyl (C=O) groups is 2. The third-order valence-corrected chi connectivity index (χ3v) is 5.55. The second kappa shape index (κ2) is 22.6. The summed E-state index contributed by atoms with van der Waals surface area (Å²) < 4.78 is 5.30. The predicted octanol–water partition coefficient (Wildman–Crippen LogP) is 6.59. The summed E-state index contributed by atoms with van der Waals surface area (Å²) >= 11 is 0. The normalized spacial score (nSPS) is 11.2. The minimum Gasteiger partial charge on any atom is -0.480 e. The van der Waals surface area contributed by atoms with Crippen LogP contribution in [-0.2, 0) is 14.3 Å². The molecule has 5 nitrogen and oxygen atoms in total. The summed E-state index contributed by atoms with van der Waals surface area (Å²) in [6, 6.07) is 0. The van der Waals surface area contributed by atoms with E-state index in [4.69, 9.17) is 9.84 Å². The highest BCUT2D eigenvalue weighted by Gasteiger charge is 2.10. The summed E-state index contributed by atoms with van der Waals surface area (Å²) in [4.78, 5) is 24.8. The minimum absolute atomic E-state index is 0.0722. The topological polar surface area (TPSA) is 66.8 Å². The molecule has 0 radical (unpaired) electrons. The lowest BCUT2D eigenvalue weighted by molar-refractivity contribution is -0.144. The van der Waals surface area contributed by atoms with Gasteiger partial charge in [-0.05, 0) is 25.8 Å². The largest absolute Gasteiger partial charge is 0.480 e. The molecule has 0 amide bonds. The molecule has 0 fully saturated rings. The van der Waals surface area contributed by atoms with Crippen LogP contribution < -0.4 is 0 Å². The molecule has 0 aromatic carbocycles. The monoisotopic (exact) mass is 427 g/mol. The molecule has 0 heterocycles. The standard InChI is InChI=1S/C25H49NO4/c1-3-5-7-9-10-11-12-13-15-17-20-26(23-24(27)28)21-18-22-30-25(29)19-16-14-8-6-4-2/h3-23H2,1-2H3,(H,27,28). The van der Waals surface area contributed by atoms with E-state index in [9.17, 15) is 9.59 Å². The van der Waals surface area contributed by atoms with Gasteiger partial charge in [0.15, 0.2) is 0 Å². The molecule has 5 heteroatoms. The SMILES string of the molecule is CCCCCCCCCCCCN(CCCOC(=O)CCCCCCC)CC(=O)O. The summed E-state index contributed by atoms with van der Waals surface area (Å²) in [5.41, 5.74) is 0. The summed E-state index contributed by atoms with van der Waals surface area (Å²) in [6.07, 6.45) is 19.6. The molecule has 0 saturated heterocycles. The smallest absolute Gasteiger partial charge is 0.317 e. The third kappa shape index (κ3) is 21.6. The third-order valence-electron chi connectivity index (χ3n) is 5.55. The lowest BCUT2D eigenvalue weighted by atomic mass is 10.1. The zero-order valence-electron chi connectivity index (χ0n) is 20.0. The first-order chi connectivity index (χ1) is 14.6. The number of aliphatic carboxylic acids is 1. The van der Waals surface area contributed by atoms with Crippen LogP contribution >= 0.6 is 0 Å². The number of carboxylic acids is 1. The summed E-state index contributed by atoms with van der Waals surface area (Å²) in [5, 5.41) is 9.12. The van der Waals surface area contributed by atoms with Crippen molar-refractivity contribution < 1.29 is 19.4 Å². The van der Waals surface area contributed by atoms with Crippen molar-refractivity contribution in [3.05, 3.63) is 0 Å². The van der Waals surface area contributed by atoms with Gasteiger partial charge in [0.05, 0.1) is 13.2 Å². The second-order valence-electron chi connectivity index (χ2n) is 8.59. The van der Waals surface area contributed by atoms with Gasteiger partial charge in [-0.2, -0.15) is 0 Å². The van der Waals surface area contributed by atoms with Gasteiger partial charge in [-0.25, -0.2) is 0 Å². The molecule has 0 saturated carbocycles. The van der Waals surface area contributed by atoms with E-state index in [-0.39, 0.29) is 12.5 Å². The number of ether oxygens (including phenoxy) is 1. The lowest BCUT2D eigenvalue weighted by Gasteiger charge is -2.20. The quantitative estimate of drug-likeness (QED) is 0.147. The Morgan fingerprint density at radius 3 is 1.67 bits per heavy atom. The number of rotatable bonds is 23. The van der Waals surface area contributed by atoms with E-state index in [0.29, 0.717) is 26.0 Å². The average molecular weight is 428 g/mol. The van der Waals surface area contributed by atoms with Gasteiger partial charge in [0.2, 0.25) is 0 Å². The molecule has 0 unspecified atom stereocenters. The predicted molar refractivity (Wildman–Crippen MR) is 125 cm³/mol. The summed E-state index contributed by atoms with van der Waals surface area (Å²) in [7, 11) is 0. The number of carbonyl (C=O) groups excluding carboxylic acids is 1. The van der Waals surface area contributed by atoms with Crippen LogP contribution in [0.2, 0.25) is 0 Å². The highest BCUT2D eigenvalue weighted by Crippen LogP contribution is 2.11. The van der Waals surface area contributed by atoms with Crippen LogP contribution in [0.1, 0.15) is 123 Å². The number of esters is 1. The fourth-order valence-corrected chi connectivity index (χ4v) is 3.70. The van der Waals surface area contributed by atoms with Gasteiger partial charge in [-0.1, -0.05) is 97.3 Å². The maximum atomic E-state index is 11.7. The zero-order valence-corrected chi connectivity index (χ0v) is 20.0. The maximum Gasteiger partial charge on any atom is 0.317 e. The summed E-state index contributed by atoms with van der Waals surface area (Å²) in [5.74, 6) is -0.905. The number of hydrogen-bond donors (Lipinski definition) is 1. The molecule has 0 atom stereocenters. The van der Waals surface area contributed by atoms with E-state index in [1.165, 1.54) is 70.6 Å². The molecule has 30 heavy (non-hydrogen) atoms. The minimum atomic E-state index is -0.786. The van der Waals surface area contributed by atoms with Gasteiger partial charge in [0.25, 0.3) is 0 Å². The second-order valence-corrected chi connectivity index (χ2v) is 8.59. The Morgan fingerprint density at radius 1 is 0.667 bits per heavy atom. The number of unbranched alkanes of at least 4 members (excludes halogenated alkanes) is 13. The van der Waals surface area contributed by atoms with Gasteiger partial charge >= 0.3 is 11.9 Å². The van der Waals surface area contributed by atoms with Crippen LogP contribution in [0, 0.1) is 0 Å².